The van der Waals surface area contributed by atoms with Crippen LogP contribution in [0.2, 0.25) is 0 Å². The topological polar surface area (TPSA) is 118 Å². The van der Waals surface area contributed by atoms with Gasteiger partial charge in [-0.3, -0.25) is 4.79 Å². The van der Waals surface area contributed by atoms with Crippen LogP contribution in [0.5, 0.6) is 17.4 Å². The number of carbonyl (C=O) groups is 2. The molecule has 2 atom stereocenters. The van der Waals surface area contributed by atoms with Crippen LogP contribution in [0, 0.1) is 0 Å². The zero-order chi connectivity index (χ0) is 24.9. The van der Waals surface area contributed by atoms with Crippen molar-refractivity contribution in [2.24, 2.45) is 0 Å². The average Bonchev–Trinajstić information content (AvgIpc) is 3.43. The molecule has 0 unspecified atom stereocenters. The number of piperidine rings is 1. The molecule has 1 fully saturated rings. The summed E-state index contributed by atoms with van der Waals surface area (Å²) in [7, 11) is 4.29. The summed E-state index contributed by atoms with van der Waals surface area (Å²) in [5.41, 5.74) is 1.05. The van der Waals surface area contributed by atoms with Gasteiger partial charge in [-0.15, -0.1) is 0 Å². The van der Waals surface area contributed by atoms with Gasteiger partial charge in [0.25, 0.3) is 5.91 Å². The number of hydrogen-bond acceptors (Lipinski definition) is 9. The van der Waals surface area contributed by atoms with Gasteiger partial charge < -0.3 is 23.8 Å². The van der Waals surface area contributed by atoms with Gasteiger partial charge in [-0.1, -0.05) is 0 Å². The molecular weight excluding hydrogens is 454 g/mol. The minimum Gasteiger partial charge on any atom is -0.497 e. The lowest BCUT2D eigenvalue weighted by Crippen LogP contribution is -2.49. The molecule has 35 heavy (non-hydrogen) atoms. The van der Waals surface area contributed by atoms with Crippen molar-refractivity contribution < 1.29 is 28.5 Å². The Balaban J connectivity index is 1.61. The van der Waals surface area contributed by atoms with Gasteiger partial charge in [0, 0.05) is 18.3 Å². The molecule has 184 valence electrons. The second-order valence-electron chi connectivity index (χ2n) is 8.01. The van der Waals surface area contributed by atoms with Crippen LogP contribution in [0.1, 0.15) is 40.5 Å². The van der Waals surface area contributed by atoms with Crippen LogP contribution in [0.4, 0.5) is 0 Å². The van der Waals surface area contributed by atoms with E-state index in [9.17, 15) is 9.59 Å². The maximum absolute atomic E-state index is 13.7. The molecule has 2 aromatic heterocycles. The Morgan fingerprint density at radius 1 is 1.00 bits per heavy atom. The standard InChI is InChI=1S/C24H27N5O6/c1-15-5-6-17(35-22-21(24(31)34-4)20(33-3)9-10-25-22)14-28(15)23(30)18-8-7-16(32-2)13-19(18)29-26-11-12-27-29/h7-13,15,17H,5-6,14H2,1-4H3/t15-,17-/m1/s1. The van der Waals surface area contributed by atoms with Crippen LogP contribution >= 0.6 is 0 Å². The van der Waals surface area contributed by atoms with Gasteiger partial charge in [0.05, 0.1) is 45.8 Å². The van der Waals surface area contributed by atoms with Crippen molar-refractivity contribution in [2.45, 2.75) is 31.9 Å². The van der Waals surface area contributed by atoms with Gasteiger partial charge >= 0.3 is 5.97 Å². The summed E-state index contributed by atoms with van der Waals surface area (Å²) >= 11 is 0. The normalized spacial score (nSPS) is 17.5. The van der Waals surface area contributed by atoms with E-state index in [1.807, 2.05) is 6.92 Å². The molecule has 3 aromatic rings. The fraction of sp³-hybridized carbons (Fsp3) is 0.375. The number of aromatic nitrogens is 4. The average molecular weight is 482 g/mol. The zero-order valence-corrected chi connectivity index (χ0v) is 20.0. The van der Waals surface area contributed by atoms with Crippen LogP contribution in [0.3, 0.4) is 0 Å². The summed E-state index contributed by atoms with van der Waals surface area (Å²) in [6.07, 6.45) is 5.58. The highest BCUT2D eigenvalue weighted by Gasteiger charge is 2.33. The van der Waals surface area contributed by atoms with Crippen molar-refractivity contribution in [1.29, 1.82) is 0 Å². The van der Waals surface area contributed by atoms with E-state index in [0.29, 0.717) is 42.1 Å². The van der Waals surface area contributed by atoms with Gasteiger partial charge in [0.1, 0.15) is 23.3 Å². The Kier molecular flexibility index (Phi) is 7.14. The number of esters is 1. The maximum atomic E-state index is 13.7. The fourth-order valence-corrected chi connectivity index (χ4v) is 4.07. The van der Waals surface area contributed by atoms with Crippen LogP contribution in [0.25, 0.3) is 5.69 Å². The molecule has 11 nitrogen and oxygen atoms in total. The Hall–Kier alpha value is -4.15. The minimum atomic E-state index is -0.614. The van der Waals surface area contributed by atoms with Crippen LogP contribution < -0.4 is 14.2 Å². The van der Waals surface area contributed by atoms with Crippen molar-refractivity contribution in [1.82, 2.24) is 24.9 Å². The van der Waals surface area contributed by atoms with E-state index in [1.165, 1.54) is 25.2 Å². The number of likely N-dealkylation sites (tertiary alicyclic amines) is 1. The number of pyridine rings is 1. The quantitative estimate of drug-likeness (QED) is 0.469. The lowest BCUT2D eigenvalue weighted by molar-refractivity contribution is 0.0357. The second kappa shape index (κ2) is 10.4. The Morgan fingerprint density at radius 2 is 1.77 bits per heavy atom. The number of hydrogen-bond donors (Lipinski definition) is 0. The van der Waals surface area contributed by atoms with E-state index < -0.39 is 5.97 Å². The van der Waals surface area contributed by atoms with Crippen LogP contribution in [-0.2, 0) is 4.74 Å². The number of rotatable bonds is 7. The van der Waals surface area contributed by atoms with E-state index >= 15 is 0 Å². The Labute approximate surface area is 202 Å². The van der Waals surface area contributed by atoms with Crippen molar-refractivity contribution >= 4 is 11.9 Å². The molecule has 0 spiro atoms. The summed E-state index contributed by atoms with van der Waals surface area (Å²) in [4.78, 5) is 33.4. The molecule has 0 radical (unpaired) electrons. The smallest absolute Gasteiger partial charge is 0.347 e. The van der Waals surface area contributed by atoms with Gasteiger partial charge in [-0.05, 0) is 38.0 Å². The van der Waals surface area contributed by atoms with Gasteiger partial charge in [0.15, 0.2) is 5.56 Å². The number of benzene rings is 1. The number of ether oxygens (including phenoxy) is 4. The number of nitrogens with zero attached hydrogens (tertiary/aromatic N) is 5. The van der Waals surface area contributed by atoms with E-state index in [-0.39, 0.29) is 29.5 Å². The van der Waals surface area contributed by atoms with E-state index in [1.54, 1.807) is 48.7 Å². The summed E-state index contributed by atoms with van der Waals surface area (Å²) in [5, 5.41) is 8.36. The molecule has 0 saturated carbocycles. The molecule has 0 aliphatic carbocycles. The van der Waals surface area contributed by atoms with Crippen molar-refractivity contribution in [3.8, 4) is 23.1 Å². The molecule has 1 aliphatic rings. The van der Waals surface area contributed by atoms with Crippen molar-refractivity contribution in [3.05, 3.63) is 54.0 Å². The minimum absolute atomic E-state index is 0.0266. The van der Waals surface area contributed by atoms with E-state index in [4.69, 9.17) is 18.9 Å². The van der Waals surface area contributed by atoms with E-state index in [0.717, 1.165) is 0 Å². The van der Waals surface area contributed by atoms with Gasteiger partial charge in [-0.2, -0.15) is 15.0 Å². The summed E-state index contributed by atoms with van der Waals surface area (Å²) < 4.78 is 21.6. The zero-order valence-electron chi connectivity index (χ0n) is 20.0. The van der Waals surface area contributed by atoms with Crippen LogP contribution in [-0.4, -0.2) is 76.8 Å². The maximum Gasteiger partial charge on any atom is 0.347 e. The molecule has 1 saturated heterocycles. The third kappa shape index (κ3) is 4.88. The molecule has 1 aromatic carbocycles. The van der Waals surface area contributed by atoms with E-state index in [2.05, 4.69) is 15.2 Å². The molecule has 1 amide bonds. The van der Waals surface area contributed by atoms with Gasteiger partial charge in [-0.25, -0.2) is 9.78 Å². The summed E-state index contributed by atoms with van der Waals surface area (Å²) in [5.74, 6) is 0.188. The monoisotopic (exact) mass is 481 g/mol. The highest BCUT2D eigenvalue weighted by atomic mass is 16.5. The number of carbonyl (C=O) groups excluding carboxylic acids is 2. The first-order valence-corrected chi connectivity index (χ1v) is 11.1. The molecule has 0 bridgehead atoms. The molecule has 1 aliphatic heterocycles. The summed E-state index contributed by atoms with van der Waals surface area (Å²) in [6.45, 7) is 2.30. The highest BCUT2D eigenvalue weighted by Crippen LogP contribution is 2.31. The van der Waals surface area contributed by atoms with Crippen molar-refractivity contribution in [3.63, 3.8) is 0 Å². The molecule has 11 heteroatoms. The number of amides is 1. The van der Waals surface area contributed by atoms with Crippen molar-refractivity contribution in [2.75, 3.05) is 27.9 Å². The largest absolute Gasteiger partial charge is 0.497 e. The Bertz CT molecular complexity index is 1200. The molecule has 4 rings (SSSR count). The SMILES string of the molecule is COC(=O)c1c(OC)ccnc1O[C@@H]1CC[C@@H](C)N(C(=O)c2ccc(OC)cc2-n2nccn2)C1. The van der Waals surface area contributed by atoms with Gasteiger partial charge in [0.2, 0.25) is 5.88 Å². The molecule has 0 N–H and O–H groups in total. The first kappa shape index (κ1) is 24.0. The fourth-order valence-electron chi connectivity index (χ4n) is 4.07. The second-order valence-corrected chi connectivity index (χ2v) is 8.01. The first-order valence-electron chi connectivity index (χ1n) is 11.1. The lowest BCUT2D eigenvalue weighted by atomic mass is 9.99. The first-order chi connectivity index (χ1) is 17.0. The highest BCUT2D eigenvalue weighted by molar-refractivity contribution is 5.98. The summed E-state index contributed by atoms with van der Waals surface area (Å²) in [6, 6.07) is 6.69. The predicted octanol–water partition coefficient (Wildman–Crippen LogP) is 2.54. The lowest BCUT2D eigenvalue weighted by Gasteiger charge is -2.38. The third-order valence-electron chi connectivity index (χ3n) is 5.93. The third-order valence-corrected chi connectivity index (χ3v) is 5.93. The predicted molar refractivity (Wildman–Crippen MR) is 124 cm³/mol. The van der Waals surface area contributed by atoms with Crippen LogP contribution in [0.15, 0.2) is 42.9 Å². The number of methoxy groups -OCH3 is 3. The Morgan fingerprint density at radius 3 is 2.46 bits per heavy atom. The molecular formula is C24H27N5O6. The molecule has 3 heterocycles.